The zero-order valence-corrected chi connectivity index (χ0v) is 17.0. The molecule has 0 N–H and O–H groups in total. The van der Waals surface area contributed by atoms with Crippen LogP contribution in [0.5, 0.6) is 5.75 Å². The molecule has 5 heteroatoms. The van der Waals surface area contributed by atoms with Gasteiger partial charge < -0.3 is 13.9 Å². The van der Waals surface area contributed by atoms with Crippen LogP contribution in [0.3, 0.4) is 0 Å². The van der Waals surface area contributed by atoms with E-state index in [0.717, 1.165) is 16.6 Å². The van der Waals surface area contributed by atoms with Crippen LogP contribution in [-0.2, 0) is 16.1 Å². The van der Waals surface area contributed by atoms with E-state index < -0.39 is 5.97 Å². The first kappa shape index (κ1) is 20.0. The molecule has 0 amide bonds. The number of aromatic nitrogens is 1. The standard InChI is InChI=1S/C26H20N2O3/c1-30-25-13-6-5-11-20(25)15-22(19-9-3-2-4-10-19)26(29)31-18-21-17-28-14-8-7-12-24(28)23(21)16-27/h2-15,17H,18H2,1H3/b22-15+. The van der Waals surface area contributed by atoms with Crippen LogP contribution in [0.4, 0.5) is 0 Å². The van der Waals surface area contributed by atoms with Gasteiger partial charge in [-0.1, -0.05) is 54.6 Å². The van der Waals surface area contributed by atoms with Gasteiger partial charge in [-0.05, 0) is 29.8 Å². The summed E-state index contributed by atoms with van der Waals surface area (Å²) in [5.74, 6) is 0.186. The third-order valence-electron chi connectivity index (χ3n) is 4.98. The fourth-order valence-corrected chi connectivity index (χ4v) is 3.46. The smallest absolute Gasteiger partial charge is 0.339 e. The number of nitriles is 1. The quantitative estimate of drug-likeness (QED) is 0.253. The number of ether oxygens (including phenoxy) is 2. The molecule has 0 saturated carbocycles. The Morgan fingerprint density at radius 2 is 1.77 bits per heavy atom. The Kier molecular flexibility index (Phi) is 5.82. The van der Waals surface area contributed by atoms with Gasteiger partial charge in [-0.15, -0.1) is 0 Å². The highest BCUT2D eigenvalue weighted by atomic mass is 16.5. The predicted molar refractivity (Wildman–Crippen MR) is 119 cm³/mol. The molecule has 5 nitrogen and oxygen atoms in total. The van der Waals surface area contributed by atoms with Crippen molar-refractivity contribution in [3.8, 4) is 11.8 Å². The van der Waals surface area contributed by atoms with Crippen molar-refractivity contribution in [2.45, 2.75) is 6.61 Å². The second-order valence-corrected chi connectivity index (χ2v) is 6.88. The molecule has 2 heterocycles. The lowest BCUT2D eigenvalue weighted by atomic mass is 10.0. The van der Waals surface area contributed by atoms with Gasteiger partial charge in [0.15, 0.2) is 0 Å². The average Bonchev–Trinajstić information content (AvgIpc) is 3.19. The lowest BCUT2D eigenvalue weighted by Crippen LogP contribution is -2.08. The number of nitrogens with zero attached hydrogens (tertiary/aromatic N) is 2. The highest BCUT2D eigenvalue weighted by Crippen LogP contribution is 2.26. The molecule has 0 spiro atoms. The molecule has 4 aromatic rings. The summed E-state index contributed by atoms with van der Waals surface area (Å²) in [4.78, 5) is 13.1. The summed E-state index contributed by atoms with van der Waals surface area (Å²) in [6.07, 6.45) is 5.43. The van der Waals surface area contributed by atoms with E-state index >= 15 is 0 Å². The van der Waals surface area contributed by atoms with Gasteiger partial charge in [0.25, 0.3) is 0 Å². The largest absolute Gasteiger partial charge is 0.496 e. The number of pyridine rings is 1. The van der Waals surface area contributed by atoms with Crippen molar-refractivity contribution < 1.29 is 14.3 Å². The monoisotopic (exact) mass is 408 g/mol. The Hall–Kier alpha value is -4.30. The van der Waals surface area contributed by atoms with E-state index in [0.29, 0.717) is 22.4 Å². The van der Waals surface area contributed by atoms with Gasteiger partial charge in [-0.3, -0.25) is 0 Å². The van der Waals surface area contributed by atoms with Gasteiger partial charge in [-0.2, -0.15) is 5.26 Å². The van der Waals surface area contributed by atoms with Gasteiger partial charge in [0.1, 0.15) is 18.4 Å². The Labute approximate surface area is 180 Å². The number of benzene rings is 2. The number of fused-ring (bicyclic) bond motifs is 1. The van der Waals surface area contributed by atoms with Crippen molar-refractivity contribution in [2.24, 2.45) is 0 Å². The Morgan fingerprint density at radius 3 is 2.55 bits per heavy atom. The number of rotatable bonds is 6. The average molecular weight is 408 g/mol. The van der Waals surface area contributed by atoms with Gasteiger partial charge in [0, 0.05) is 23.5 Å². The molecule has 0 atom stereocenters. The maximum Gasteiger partial charge on any atom is 0.339 e. The molecule has 0 aliphatic carbocycles. The number of hydrogen-bond donors (Lipinski definition) is 0. The minimum Gasteiger partial charge on any atom is -0.496 e. The summed E-state index contributed by atoms with van der Waals surface area (Å²) in [6, 6.07) is 24.6. The van der Waals surface area contributed by atoms with E-state index in [9.17, 15) is 10.1 Å². The van der Waals surface area contributed by atoms with Crippen LogP contribution >= 0.6 is 0 Å². The lowest BCUT2D eigenvalue weighted by Gasteiger charge is -2.10. The molecule has 152 valence electrons. The van der Waals surface area contributed by atoms with E-state index in [-0.39, 0.29) is 6.61 Å². The number of esters is 1. The molecule has 31 heavy (non-hydrogen) atoms. The fraction of sp³-hybridized carbons (Fsp3) is 0.0769. The Bertz CT molecular complexity index is 1300. The normalized spacial score (nSPS) is 11.2. The van der Waals surface area contributed by atoms with Crippen LogP contribution in [0, 0.1) is 11.3 Å². The fourth-order valence-electron chi connectivity index (χ4n) is 3.46. The number of carbonyl (C=O) groups excluding carboxylic acids is 1. The minimum absolute atomic E-state index is 0.000491. The maximum absolute atomic E-state index is 13.1. The van der Waals surface area contributed by atoms with Gasteiger partial charge in [0.05, 0.1) is 23.8 Å². The zero-order chi connectivity index (χ0) is 21.6. The first-order valence-corrected chi connectivity index (χ1v) is 9.77. The van der Waals surface area contributed by atoms with Crippen LogP contribution in [0.25, 0.3) is 17.2 Å². The first-order chi connectivity index (χ1) is 15.2. The summed E-state index contributed by atoms with van der Waals surface area (Å²) < 4.78 is 12.9. The van der Waals surface area contributed by atoms with Crippen LogP contribution in [0.1, 0.15) is 22.3 Å². The summed E-state index contributed by atoms with van der Waals surface area (Å²) in [7, 11) is 1.59. The van der Waals surface area contributed by atoms with Crippen LogP contribution in [-0.4, -0.2) is 17.5 Å². The summed E-state index contributed by atoms with van der Waals surface area (Å²) in [6.45, 7) is -0.000491. The SMILES string of the molecule is COc1ccccc1/C=C(/C(=O)OCc1cn2ccccc2c1C#N)c1ccccc1. The van der Waals surface area contributed by atoms with Crippen molar-refractivity contribution in [1.82, 2.24) is 4.40 Å². The number of hydrogen-bond acceptors (Lipinski definition) is 4. The molecule has 0 aliphatic heterocycles. The van der Waals surface area contributed by atoms with Gasteiger partial charge >= 0.3 is 5.97 Å². The molecule has 0 unspecified atom stereocenters. The second kappa shape index (κ2) is 9.02. The topological polar surface area (TPSA) is 63.7 Å². The molecule has 0 bridgehead atoms. The summed E-state index contributed by atoms with van der Waals surface area (Å²) >= 11 is 0. The highest BCUT2D eigenvalue weighted by Gasteiger charge is 2.17. The molecular formula is C26H20N2O3. The zero-order valence-electron chi connectivity index (χ0n) is 17.0. The molecule has 0 fully saturated rings. The summed E-state index contributed by atoms with van der Waals surface area (Å²) in [5, 5.41) is 9.58. The lowest BCUT2D eigenvalue weighted by molar-refractivity contribution is -0.137. The Balaban J connectivity index is 1.66. The van der Waals surface area contributed by atoms with Crippen LogP contribution < -0.4 is 4.74 Å². The molecule has 0 radical (unpaired) electrons. The number of para-hydroxylation sites is 1. The predicted octanol–water partition coefficient (Wildman–Crippen LogP) is 5.10. The van der Waals surface area contributed by atoms with Crippen molar-refractivity contribution in [2.75, 3.05) is 7.11 Å². The van der Waals surface area contributed by atoms with E-state index in [1.807, 2.05) is 89.6 Å². The van der Waals surface area contributed by atoms with Crippen molar-refractivity contribution in [3.05, 3.63) is 107 Å². The molecule has 0 saturated heterocycles. The first-order valence-electron chi connectivity index (χ1n) is 9.77. The number of carbonyl (C=O) groups is 1. The number of methoxy groups -OCH3 is 1. The van der Waals surface area contributed by atoms with E-state index in [2.05, 4.69) is 6.07 Å². The maximum atomic E-state index is 13.1. The van der Waals surface area contributed by atoms with Gasteiger partial charge in [0.2, 0.25) is 0 Å². The molecule has 2 aromatic carbocycles. The Morgan fingerprint density at radius 1 is 1.03 bits per heavy atom. The summed E-state index contributed by atoms with van der Waals surface area (Å²) in [5.41, 5.74) is 3.86. The molecule has 2 aromatic heterocycles. The second-order valence-electron chi connectivity index (χ2n) is 6.88. The minimum atomic E-state index is -0.476. The highest BCUT2D eigenvalue weighted by molar-refractivity contribution is 6.21. The molecule has 4 rings (SSSR count). The van der Waals surface area contributed by atoms with E-state index in [4.69, 9.17) is 9.47 Å². The van der Waals surface area contributed by atoms with Crippen molar-refractivity contribution >= 4 is 23.1 Å². The van der Waals surface area contributed by atoms with Crippen molar-refractivity contribution in [1.29, 1.82) is 5.26 Å². The van der Waals surface area contributed by atoms with Crippen LogP contribution in [0.2, 0.25) is 0 Å². The van der Waals surface area contributed by atoms with E-state index in [1.54, 1.807) is 13.2 Å². The molecule has 0 aliphatic rings. The molecular weight excluding hydrogens is 388 g/mol. The third-order valence-corrected chi connectivity index (χ3v) is 4.98. The third kappa shape index (κ3) is 4.19. The van der Waals surface area contributed by atoms with Gasteiger partial charge in [-0.25, -0.2) is 4.79 Å². The van der Waals surface area contributed by atoms with Crippen LogP contribution in [0.15, 0.2) is 85.2 Å². The van der Waals surface area contributed by atoms with E-state index in [1.165, 1.54) is 0 Å². The van der Waals surface area contributed by atoms with Crippen molar-refractivity contribution in [3.63, 3.8) is 0 Å².